The van der Waals surface area contributed by atoms with Crippen molar-refractivity contribution in [2.45, 2.75) is 13.1 Å². The molecule has 0 radical (unpaired) electrons. The highest BCUT2D eigenvalue weighted by molar-refractivity contribution is 7.89. The molecule has 84 valence electrons. The summed E-state index contributed by atoms with van der Waals surface area (Å²) in [5.74, 6) is 0.801. The predicted octanol–water partition coefficient (Wildman–Crippen LogP) is -1.01. The molecule has 6 nitrogen and oxygen atoms in total. The van der Waals surface area contributed by atoms with Crippen molar-refractivity contribution in [1.29, 1.82) is 0 Å². The molecule has 1 aliphatic rings. The summed E-state index contributed by atoms with van der Waals surface area (Å²) in [6, 6.07) is 0. The highest BCUT2D eigenvalue weighted by Gasteiger charge is 2.26. The lowest BCUT2D eigenvalue weighted by Gasteiger charge is -2.26. The first-order valence-corrected chi connectivity index (χ1v) is 6.42. The minimum atomic E-state index is -3.20. The van der Waals surface area contributed by atoms with Crippen molar-refractivity contribution in [3.63, 3.8) is 0 Å². The van der Waals surface area contributed by atoms with E-state index in [0.29, 0.717) is 19.6 Å². The zero-order valence-corrected chi connectivity index (χ0v) is 9.15. The molecule has 2 rings (SSSR count). The van der Waals surface area contributed by atoms with Crippen LogP contribution in [0.25, 0.3) is 0 Å². The minimum absolute atomic E-state index is 0.00765. The Bertz CT molecular complexity index is 439. The predicted molar refractivity (Wildman–Crippen MR) is 55.5 cm³/mol. The molecule has 2 heterocycles. The normalized spacial score (nSPS) is 17.7. The van der Waals surface area contributed by atoms with Crippen molar-refractivity contribution < 1.29 is 8.42 Å². The first-order valence-electron chi connectivity index (χ1n) is 4.81. The lowest BCUT2D eigenvalue weighted by molar-refractivity contribution is 0.335. The Morgan fingerprint density at radius 2 is 2.27 bits per heavy atom. The second-order valence-electron chi connectivity index (χ2n) is 3.48. The monoisotopic (exact) mass is 230 g/mol. The highest BCUT2D eigenvalue weighted by Crippen LogP contribution is 2.13. The van der Waals surface area contributed by atoms with Crippen LogP contribution in [0.3, 0.4) is 0 Å². The summed E-state index contributed by atoms with van der Waals surface area (Å²) in [5.41, 5.74) is 5.27. The maximum atomic E-state index is 11.7. The molecule has 0 aliphatic carbocycles. The fraction of sp³-hybridized carbons (Fsp3) is 0.625. The number of sulfonamides is 1. The van der Waals surface area contributed by atoms with Crippen LogP contribution in [-0.4, -0.2) is 41.1 Å². The maximum absolute atomic E-state index is 11.7. The summed E-state index contributed by atoms with van der Waals surface area (Å²) in [6.45, 7) is 1.69. The molecular formula is C8H14N4O2S. The van der Waals surface area contributed by atoms with Gasteiger partial charge in [0.2, 0.25) is 10.0 Å². The third-order valence-electron chi connectivity index (χ3n) is 2.48. The van der Waals surface area contributed by atoms with Crippen molar-refractivity contribution in [2.24, 2.45) is 5.73 Å². The Morgan fingerprint density at radius 3 is 3.00 bits per heavy atom. The van der Waals surface area contributed by atoms with E-state index in [9.17, 15) is 8.42 Å². The van der Waals surface area contributed by atoms with E-state index in [2.05, 4.69) is 4.98 Å². The second-order valence-corrected chi connectivity index (χ2v) is 5.56. The molecule has 0 saturated heterocycles. The molecule has 0 spiro atoms. The van der Waals surface area contributed by atoms with E-state index in [4.69, 9.17) is 5.73 Å². The Kier molecular flexibility index (Phi) is 2.76. The van der Waals surface area contributed by atoms with Gasteiger partial charge in [0.1, 0.15) is 5.82 Å². The van der Waals surface area contributed by atoms with Gasteiger partial charge in [-0.3, -0.25) is 0 Å². The average molecular weight is 230 g/mol. The van der Waals surface area contributed by atoms with Gasteiger partial charge in [0, 0.05) is 32.0 Å². The molecule has 1 aromatic rings. The molecule has 15 heavy (non-hydrogen) atoms. The standard InChI is InChI=1S/C8H14N4O2S/c9-1-6-15(13,14)12-5-4-11-3-2-10-8(11)7-12/h2-3H,1,4-7,9H2. The Balaban J connectivity index is 2.16. The van der Waals surface area contributed by atoms with Gasteiger partial charge in [-0.15, -0.1) is 0 Å². The Morgan fingerprint density at radius 1 is 1.47 bits per heavy atom. The minimum Gasteiger partial charge on any atom is -0.333 e. The average Bonchev–Trinajstić information content (AvgIpc) is 2.63. The van der Waals surface area contributed by atoms with Crippen molar-refractivity contribution in [3.05, 3.63) is 18.2 Å². The molecule has 1 aliphatic heterocycles. The number of hydrogen-bond acceptors (Lipinski definition) is 4. The molecule has 0 unspecified atom stereocenters. The van der Waals surface area contributed by atoms with Gasteiger partial charge >= 0.3 is 0 Å². The number of nitrogens with zero attached hydrogens (tertiary/aromatic N) is 3. The number of nitrogens with two attached hydrogens (primary N) is 1. The van der Waals surface area contributed by atoms with Gasteiger partial charge in [0.25, 0.3) is 0 Å². The third kappa shape index (κ3) is 2.04. The number of hydrogen-bond donors (Lipinski definition) is 1. The van der Waals surface area contributed by atoms with E-state index in [1.165, 1.54) is 4.31 Å². The first-order chi connectivity index (χ1) is 7.13. The Hall–Kier alpha value is -0.920. The lowest BCUT2D eigenvalue weighted by atomic mass is 10.4. The highest BCUT2D eigenvalue weighted by atomic mass is 32.2. The van der Waals surface area contributed by atoms with E-state index < -0.39 is 10.0 Å². The number of fused-ring (bicyclic) bond motifs is 1. The van der Waals surface area contributed by atoms with Crippen LogP contribution in [0.4, 0.5) is 0 Å². The molecule has 2 N–H and O–H groups in total. The number of aromatic nitrogens is 2. The quantitative estimate of drug-likeness (QED) is 0.721. The van der Waals surface area contributed by atoms with Crippen LogP contribution in [-0.2, 0) is 23.1 Å². The summed E-state index contributed by atoms with van der Waals surface area (Å²) in [4.78, 5) is 4.11. The summed E-state index contributed by atoms with van der Waals surface area (Å²) in [5, 5.41) is 0. The van der Waals surface area contributed by atoms with Crippen LogP contribution < -0.4 is 5.73 Å². The van der Waals surface area contributed by atoms with Gasteiger partial charge in [0.05, 0.1) is 12.3 Å². The summed E-state index contributed by atoms with van der Waals surface area (Å²) in [6.07, 6.45) is 3.55. The van der Waals surface area contributed by atoms with E-state index in [1.807, 2.05) is 10.8 Å². The zero-order valence-electron chi connectivity index (χ0n) is 8.33. The lowest BCUT2D eigenvalue weighted by Crippen LogP contribution is -2.40. The Labute approximate surface area is 88.7 Å². The van der Waals surface area contributed by atoms with Crippen molar-refractivity contribution in [1.82, 2.24) is 13.9 Å². The molecule has 7 heteroatoms. The van der Waals surface area contributed by atoms with Crippen LogP contribution in [0.5, 0.6) is 0 Å². The summed E-state index contributed by atoms with van der Waals surface area (Å²) < 4.78 is 26.9. The molecule has 0 bridgehead atoms. The van der Waals surface area contributed by atoms with E-state index >= 15 is 0 Å². The second kappa shape index (κ2) is 3.92. The summed E-state index contributed by atoms with van der Waals surface area (Å²) >= 11 is 0. The van der Waals surface area contributed by atoms with Crippen LogP contribution in [0, 0.1) is 0 Å². The smallest absolute Gasteiger partial charge is 0.215 e. The molecule has 1 aromatic heterocycles. The molecule has 0 saturated carbocycles. The van der Waals surface area contributed by atoms with Gasteiger partial charge < -0.3 is 10.3 Å². The topological polar surface area (TPSA) is 81.2 Å². The van der Waals surface area contributed by atoms with Gasteiger partial charge in [-0.25, -0.2) is 13.4 Å². The zero-order chi connectivity index (χ0) is 10.9. The van der Waals surface area contributed by atoms with Gasteiger partial charge in [0.15, 0.2) is 0 Å². The molecular weight excluding hydrogens is 216 g/mol. The van der Waals surface area contributed by atoms with Crippen molar-refractivity contribution >= 4 is 10.0 Å². The number of rotatable bonds is 3. The fourth-order valence-electron chi connectivity index (χ4n) is 1.67. The van der Waals surface area contributed by atoms with Crippen LogP contribution in [0.2, 0.25) is 0 Å². The number of imidazole rings is 1. The molecule has 0 amide bonds. The van der Waals surface area contributed by atoms with Gasteiger partial charge in [-0.1, -0.05) is 0 Å². The van der Waals surface area contributed by atoms with Crippen LogP contribution in [0.1, 0.15) is 5.82 Å². The largest absolute Gasteiger partial charge is 0.333 e. The van der Waals surface area contributed by atoms with Crippen LogP contribution in [0.15, 0.2) is 12.4 Å². The maximum Gasteiger partial charge on any atom is 0.215 e. The van der Waals surface area contributed by atoms with Gasteiger partial charge in [-0.2, -0.15) is 4.31 Å². The summed E-state index contributed by atoms with van der Waals surface area (Å²) in [7, 11) is -3.20. The van der Waals surface area contributed by atoms with Crippen molar-refractivity contribution in [2.75, 3.05) is 18.8 Å². The third-order valence-corrected chi connectivity index (χ3v) is 4.33. The molecule has 0 aromatic carbocycles. The van der Waals surface area contributed by atoms with E-state index in [0.717, 1.165) is 5.82 Å². The molecule has 0 fully saturated rings. The SMILES string of the molecule is NCCS(=O)(=O)N1CCn2ccnc2C1. The van der Waals surface area contributed by atoms with E-state index in [1.54, 1.807) is 6.20 Å². The van der Waals surface area contributed by atoms with Gasteiger partial charge in [-0.05, 0) is 0 Å². The van der Waals surface area contributed by atoms with Crippen molar-refractivity contribution in [3.8, 4) is 0 Å². The van der Waals surface area contributed by atoms with Crippen LogP contribution >= 0.6 is 0 Å². The first kappa shape index (κ1) is 10.6. The molecule has 0 atom stereocenters. The van der Waals surface area contributed by atoms with E-state index in [-0.39, 0.29) is 12.3 Å². The fourth-order valence-corrected chi connectivity index (χ4v) is 2.89.